The van der Waals surface area contributed by atoms with Crippen molar-refractivity contribution in [3.63, 3.8) is 0 Å². The molecule has 2 N–H and O–H groups in total. The minimum Gasteiger partial charge on any atom is -0.394 e. The molecular weight excluding hydrogens is 284 g/mol. The second-order valence-corrected chi connectivity index (χ2v) is 6.54. The first-order valence-electron chi connectivity index (χ1n) is 6.21. The average molecular weight is 302 g/mol. The van der Waals surface area contributed by atoms with E-state index in [1.54, 1.807) is 4.90 Å². The van der Waals surface area contributed by atoms with Crippen molar-refractivity contribution in [2.75, 3.05) is 19.8 Å². The smallest absolute Gasteiger partial charge is 0.228 e. The number of H-pyrrole nitrogens is 1. The number of nitrogens with one attached hydrogen (secondary N) is 1. The van der Waals surface area contributed by atoms with Gasteiger partial charge in [0.2, 0.25) is 5.91 Å². The van der Waals surface area contributed by atoms with Gasteiger partial charge in [0.1, 0.15) is 0 Å². The van der Waals surface area contributed by atoms with Crippen molar-refractivity contribution in [1.82, 2.24) is 9.88 Å². The third kappa shape index (κ3) is 3.42. The Hall–Kier alpha value is -0.760. The fourth-order valence-corrected chi connectivity index (χ4v) is 3.40. The number of rotatable bonds is 3. The summed E-state index contributed by atoms with van der Waals surface area (Å²) in [7, 11) is 0. The zero-order valence-electron chi connectivity index (χ0n) is 11.0. The fourth-order valence-electron chi connectivity index (χ4n) is 2.12. The Morgan fingerprint density at radius 2 is 2.42 bits per heavy atom. The molecule has 106 valence electrons. The number of hydrogen-bond acceptors (Lipinski definition) is 5. The molecule has 0 spiro atoms. The molecule has 1 aliphatic rings. The number of aliphatic hydroxyl groups is 1. The van der Waals surface area contributed by atoms with Crippen molar-refractivity contribution in [3.8, 4) is 0 Å². The topological polar surface area (TPSA) is 65.6 Å². The van der Waals surface area contributed by atoms with Gasteiger partial charge in [-0.1, -0.05) is 0 Å². The Labute approximate surface area is 121 Å². The van der Waals surface area contributed by atoms with Crippen LogP contribution in [0.5, 0.6) is 0 Å². The van der Waals surface area contributed by atoms with Crippen molar-refractivity contribution in [3.05, 3.63) is 14.5 Å². The molecule has 1 aliphatic heterocycles. The van der Waals surface area contributed by atoms with Gasteiger partial charge in [0.15, 0.2) is 3.95 Å². The number of amides is 1. The van der Waals surface area contributed by atoms with Crippen molar-refractivity contribution in [2.24, 2.45) is 0 Å². The van der Waals surface area contributed by atoms with E-state index in [1.165, 1.54) is 11.3 Å². The lowest BCUT2D eigenvalue weighted by molar-refractivity contribution is -0.145. The van der Waals surface area contributed by atoms with E-state index in [9.17, 15) is 4.79 Å². The van der Waals surface area contributed by atoms with Crippen LogP contribution in [-0.2, 0) is 16.0 Å². The quantitative estimate of drug-likeness (QED) is 0.825. The summed E-state index contributed by atoms with van der Waals surface area (Å²) in [5, 5.41) is 9.13. The molecule has 2 rings (SSSR count). The van der Waals surface area contributed by atoms with Crippen molar-refractivity contribution in [1.29, 1.82) is 0 Å². The van der Waals surface area contributed by atoms with Crippen LogP contribution in [0.3, 0.4) is 0 Å². The van der Waals surface area contributed by atoms with Gasteiger partial charge in [-0.3, -0.25) is 4.79 Å². The van der Waals surface area contributed by atoms with Gasteiger partial charge in [0.05, 0.1) is 31.8 Å². The number of aryl methyl sites for hydroxylation is 1. The third-order valence-corrected chi connectivity index (χ3v) is 4.60. The number of ether oxygens (including phenoxy) is 1. The minimum atomic E-state index is -0.273. The Morgan fingerprint density at radius 1 is 1.68 bits per heavy atom. The first kappa shape index (κ1) is 14.6. The van der Waals surface area contributed by atoms with E-state index in [0.29, 0.717) is 23.5 Å². The van der Waals surface area contributed by atoms with Crippen LogP contribution in [0.15, 0.2) is 0 Å². The first-order chi connectivity index (χ1) is 9.01. The average Bonchev–Trinajstić information content (AvgIpc) is 2.68. The summed E-state index contributed by atoms with van der Waals surface area (Å²) < 4.78 is 6.13. The van der Waals surface area contributed by atoms with Gasteiger partial charge < -0.3 is 19.7 Å². The molecule has 0 bridgehead atoms. The number of thiazole rings is 1. The molecule has 1 amide bonds. The number of aromatic nitrogens is 1. The molecule has 0 saturated carbocycles. The third-order valence-electron chi connectivity index (χ3n) is 3.27. The molecule has 7 heteroatoms. The molecule has 1 fully saturated rings. The molecule has 0 aliphatic carbocycles. The highest BCUT2D eigenvalue weighted by molar-refractivity contribution is 7.73. The van der Waals surface area contributed by atoms with Crippen molar-refractivity contribution >= 4 is 29.5 Å². The molecule has 1 aromatic heterocycles. The van der Waals surface area contributed by atoms with Crippen LogP contribution >= 0.6 is 23.6 Å². The molecule has 2 unspecified atom stereocenters. The summed E-state index contributed by atoms with van der Waals surface area (Å²) in [6.45, 7) is 4.74. The summed E-state index contributed by atoms with van der Waals surface area (Å²) in [6.07, 6.45) is 0.0808. The van der Waals surface area contributed by atoms with E-state index in [0.717, 1.165) is 10.6 Å². The second-order valence-electron chi connectivity index (χ2n) is 4.77. The largest absolute Gasteiger partial charge is 0.394 e. The Bertz CT molecular complexity index is 511. The number of aliphatic hydroxyl groups excluding tert-OH is 1. The van der Waals surface area contributed by atoms with Crippen LogP contribution in [0, 0.1) is 10.9 Å². The molecule has 1 saturated heterocycles. The molecule has 2 heterocycles. The highest BCUT2D eigenvalue weighted by atomic mass is 32.1. The van der Waals surface area contributed by atoms with Gasteiger partial charge in [-0.25, -0.2) is 0 Å². The van der Waals surface area contributed by atoms with Gasteiger partial charge in [-0.05, 0) is 26.1 Å². The molecule has 19 heavy (non-hydrogen) atoms. The number of hydrogen-bond donors (Lipinski definition) is 2. The molecule has 5 nitrogen and oxygen atoms in total. The molecular formula is C12H18N2O3S2. The van der Waals surface area contributed by atoms with Crippen LogP contribution in [0.4, 0.5) is 0 Å². The maximum atomic E-state index is 12.3. The van der Waals surface area contributed by atoms with Crippen LogP contribution in [-0.4, -0.2) is 52.8 Å². The molecule has 0 aromatic carbocycles. The van der Waals surface area contributed by atoms with Crippen LogP contribution in [0.2, 0.25) is 0 Å². The number of nitrogens with zero attached hydrogens (tertiary/aromatic N) is 1. The monoisotopic (exact) mass is 302 g/mol. The van der Waals surface area contributed by atoms with Gasteiger partial charge in [0, 0.05) is 17.1 Å². The Balaban J connectivity index is 2.06. The highest BCUT2D eigenvalue weighted by Gasteiger charge is 2.29. The Kier molecular flexibility index (Phi) is 4.72. The predicted molar refractivity (Wildman–Crippen MR) is 75.9 cm³/mol. The van der Waals surface area contributed by atoms with Crippen molar-refractivity contribution in [2.45, 2.75) is 32.4 Å². The lowest BCUT2D eigenvalue weighted by Gasteiger charge is -2.37. The van der Waals surface area contributed by atoms with Gasteiger partial charge in [-0.15, -0.1) is 11.3 Å². The minimum absolute atomic E-state index is 0.0440. The number of morpholine rings is 1. The summed E-state index contributed by atoms with van der Waals surface area (Å²) in [5.74, 6) is 0.0580. The van der Waals surface area contributed by atoms with E-state index >= 15 is 0 Å². The second kappa shape index (κ2) is 6.13. The maximum absolute atomic E-state index is 12.3. The summed E-state index contributed by atoms with van der Waals surface area (Å²) in [6, 6.07) is 0.0440. The summed E-state index contributed by atoms with van der Waals surface area (Å²) in [5.41, 5.74) is 0.961. The van der Waals surface area contributed by atoms with E-state index in [4.69, 9.17) is 22.1 Å². The van der Waals surface area contributed by atoms with Crippen molar-refractivity contribution < 1.29 is 14.6 Å². The Morgan fingerprint density at radius 3 is 3.00 bits per heavy atom. The predicted octanol–water partition coefficient (Wildman–Crippen LogP) is 1.26. The van der Waals surface area contributed by atoms with Crippen LogP contribution in [0.1, 0.15) is 17.5 Å². The lowest BCUT2D eigenvalue weighted by atomic mass is 10.1. The van der Waals surface area contributed by atoms with E-state index < -0.39 is 0 Å². The zero-order chi connectivity index (χ0) is 14.0. The molecule has 1 aromatic rings. The van der Waals surface area contributed by atoms with E-state index in [-0.39, 0.29) is 24.7 Å². The number of carbonyl (C=O) groups excluding carboxylic acids is 1. The SMILES string of the molecule is Cc1[nH]c(=S)sc1CC(=O)N1CC(CO)OCC1C. The lowest BCUT2D eigenvalue weighted by Crippen LogP contribution is -2.52. The normalized spacial score (nSPS) is 23.6. The van der Waals surface area contributed by atoms with E-state index in [2.05, 4.69) is 4.98 Å². The number of carbonyl (C=O) groups is 1. The highest BCUT2D eigenvalue weighted by Crippen LogP contribution is 2.18. The molecule has 2 atom stereocenters. The van der Waals surface area contributed by atoms with Gasteiger partial charge in [0.25, 0.3) is 0 Å². The standard InChI is InChI=1S/C12H18N2O3S2/c1-7-6-17-9(5-15)4-14(7)11(16)3-10-8(2)13-12(18)19-10/h7,9,15H,3-6H2,1-2H3,(H,13,18). The summed E-state index contributed by atoms with van der Waals surface area (Å²) >= 11 is 6.52. The van der Waals surface area contributed by atoms with E-state index in [1.807, 2.05) is 13.8 Å². The van der Waals surface area contributed by atoms with Gasteiger partial charge >= 0.3 is 0 Å². The maximum Gasteiger partial charge on any atom is 0.228 e. The number of aromatic amines is 1. The first-order valence-corrected chi connectivity index (χ1v) is 7.44. The zero-order valence-corrected chi connectivity index (χ0v) is 12.6. The summed E-state index contributed by atoms with van der Waals surface area (Å²) in [4.78, 5) is 18.2. The molecule has 0 radical (unpaired) electrons. The van der Waals surface area contributed by atoms with Crippen LogP contribution < -0.4 is 0 Å². The van der Waals surface area contributed by atoms with Crippen LogP contribution in [0.25, 0.3) is 0 Å². The van der Waals surface area contributed by atoms with Gasteiger partial charge in [-0.2, -0.15) is 0 Å². The fraction of sp³-hybridized carbons (Fsp3) is 0.667.